The van der Waals surface area contributed by atoms with Crippen LogP contribution in [0.3, 0.4) is 0 Å². The summed E-state index contributed by atoms with van der Waals surface area (Å²) >= 11 is 0. The lowest BCUT2D eigenvalue weighted by molar-refractivity contribution is 1.28. The number of hydrogen-bond acceptors (Lipinski definition) is 2. The smallest absolute Gasteiger partial charge is 0.0547 e. The topological polar surface area (TPSA) is 6.48 Å². The van der Waals surface area contributed by atoms with Crippen molar-refractivity contribution >= 4 is 55.7 Å². The van der Waals surface area contributed by atoms with E-state index >= 15 is 0 Å². The van der Waals surface area contributed by atoms with Crippen LogP contribution in [0.25, 0.3) is 66.1 Å². The van der Waals surface area contributed by atoms with Crippen LogP contribution in [-0.2, 0) is 0 Å². The van der Waals surface area contributed by atoms with Gasteiger partial charge >= 0.3 is 0 Å². The first-order chi connectivity index (χ1) is 28.8. The van der Waals surface area contributed by atoms with Crippen LogP contribution in [0.5, 0.6) is 0 Å². The number of fused-ring (bicyclic) bond motifs is 4. The van der Waals surface area contributed by atoms with Crippen LogP contribution in [-0.4, -0.2) is 0 Å². The first kappa shape index (κ1) is 33.6. The summed E-state index contributed by atoms with van der Waals surface area (Å²) in [6, 6.07) is 83.6. The van der Waals surface area contributed by atoms with E-state index in [1.165, 1.54) is 77.4 Å². The summed E-state index contributed by atoms with van der Waals surface area (Å²) in [5, 5.41) is 5.07. The van der Waals surface area contributed by atoms with Gasteiger partial charge in [0.25, 0.3) is 0 Å². The van der Waals surface area contributed by atoms with E-state index in [0.717, 1.165) is 22.7 Å². The fraction of sp³-hybridized carbons (Fsp3) is 0. The monoisotopic (exact) mass is 738 g/mol. The van der Waals surface area contributed by atoms with E-state index in [4.69, 9.17) is 0 Å². The Morgan fingerprint density at radius 1 is 0.310 bits per heavy atom. The number of anilines is 6. The average Bonchev–Trinajstić information content (AvgIpc) is 3.30. The minimum atomic E-state index is 1.10. The van der Waals surface area contributed by atoms with E-state index in [1.54, 1.807) is 0 Å². The van der Waals surface area contributed by atoms with Crippen LogP contribution in [0.2, 0.25) is 0 Å². The molecule has 0 saturated carbocycles. The van der Waals surface area contributed by atoms with Gasteiger partial charge in [-0.3, -0.25) is 0 Å². The summed E-state index contributed by atoms with van der Waals surface area (Å²) < 4.78 is 0. The molecule has 0 saturated heterocycles. The third-order valence-electron chi connectivity index (χ3n) is 11.5. The van der Waals surface area contributed by atoms with Gasteiger partial charge in [-0.15, -0.1) is 0 Å². The van der Waals surface area contributed by atoms with Crippen molar-refractivity contribution in [2.45, 2.75) is 0 Å². The van der Waals surface area contributed by atoms with Crippen molar-refractivity contribution in [2.75, 3.05) is 9.80 Å². The third kappa shape index (κ3) is 5.82. The van der Waals surface area contributed by atoms with Gasteiger partial charge in [0.15, 0.2) is 0 Å². The molecule has 10 aromatic carbocycles. The second kappa shape index (κ2) is 14.1. The van der Waals surface area contributed by atoms with Crippen molar-refractivity contribution in [3.63, 3.8) is 0 Å². The highest BCUT2D eigenvalue weighted by molar-refractivity contribution is 6.19. The minimum absolute atomic E-state index is 1.10. The average molecular weight is 739 g/mol. The molecule has 0 amide bonds. The Balaban J connectivity index is 0.973. The number of rotatable bonds is 7. The first-order valence-corrected chi connectivity index (χ1v) is 19.9. The van der Waals surface area contributed by atoms with Crippen LogP contribution in [0, 0.1) is 0 Å². The lowest BCUT2D eigenvalue weighted by atomic mass is 9.87. The highest BCUT2D eigenvalue weighted by atomic mass is 15.2. The molecular formula is C56H38N2. The fourth-order valence-electron chi connectivity index (χ4n) is 8.82. The van der Waals surface area contributed by atoms with Crippen molar-refractivity contribution in [3.8, 4) is 44.5 Å². The largest absolute Gasteiger partial charge is 0.310 e. The maximum atomic E-state index is 2.44. The zero-order valence-electron chi connectivity index (χ0n) is 31.8. The zero-order chi connectivity index (χ0) is 38.4. The molecule has 0 spiro atoms. The van der Waals surface area contributed by atoms with Gasteiger partial charge in [-0.2, -0.15) is 0 Å². The molecule has 58 heavy (non-hydrogen) atoms. The molecular weight excluding hydrogens is 701 g/mol. The van der Waals surface area contributed by atoms with E-state index in [-0.39, 0.29) is 0 Å². The second-order valence-corrected chi connectivity index (χ2v) is 15.0. The van der Waals surface area contributed by atoms with Crippen molar-refractivity contribution < 1.29 is 0 Å². The molecule has 1 aliphatic rings. The second-order valence-electron chi connectivity index (χ2n) is 15.0. The van der Waals surface area contributed by atoms with Crippen LogP contribution >= 0.6 is 0 Å². The van der Waals surface area contributed by atoms with Crippen molar-refractivity contribution in [1.29, 1.82) is 0 Å². The molecule has 0 aliphatic carbocycles. The van der Waals surface area contributed by atoms with E-state index in [0.29, 0.717) is 0 Å². The van der Waals surface area contributed by atoms with Crippen LogP contribution in [0.15, 0.2) is 231 Å². The van der Waals surface area contributed by atoms with E-state index < -0.39 is 0 Å². The molecule has 2 nitrogen and oxygen atoms in total. The van der Waals surface area contributed by atoms with Gasteiger partial charge in [0, 0.05) is 33.7 Å². The standard InChI is InChI=1S/C56H38N2/c1-3-13-39(14-4-1)45-20-9-22-49(37-45)57(50-23-10-21-46(38-50)40-15-5-2-6-16-40)47-32-27-41(28-33-47)42-29-34-48(35-30-42)58-53-26-12-19-44-18-11-25-52(55(44)53)56-51-24-8-7-17-43(51)31-36-54(56)58/h1-38H. The predicted octanol–water partition coefficient (Wildman–Crippen LogP) is 15.9. The summed E-state index contributed by atoms with van der Waals surface area (Å²) in [5.41, 5.74) is 16.5. The lowest BCUT2D eigenvalue weighted by Gasteiger charge is -2.34. The molecule has 0 fully saturated rings. The van der Waals surface area contributed by atoms with Gasteiger partial charge in [-0.05, 0) is 116 Å². The maximum absolute atomic E-state index is 2.44. The van der Waals surface area contributed by atoms with E-state index in [1.807, 2.05) is 0 Å². The molecule has 1 heterocycles. The molecule has 0 radical (unpaired) electrons. The van der Waals surface area contributed by atoms with Gasteiger partial charge in [0.1, 0.15) is 0 Å². The molecule has 0 aromatic heterocycles. The van der Waals surface area contributed by atoms with E-state index in [9.17, 15) is 0 Å². The Hall–Kier alpha value is -7.68. The van der Waals surface area contributed by atoms with E-state index in [2.05, 4.69) is 240 Å². The highest BCUT2D eigenvalue weighted by Gasteiger charge is 2.27. The Morgan fingerprint density at radius 3 is 1.48 bits per heavy atom. The van der Waals surface area contributed by atoms with Crippen molar-refractivity contribution in [3.05, 3.63) is 231 Å². The normalized spacial score (nSPS) is 11.8. The molecule has 0 unspecified atom stereocenters. The predicted molar refractivity (Wildman–Crippen MR) is 246 cm³/mol. The summed E-state index contributed by atoms with van der Waals surface area (Å²) in [4.78, 5) is 4.80. The number of hydrogen-bond donors (Lipinski definition) is 0. The van der Waals surface area contributed by atoms with Gasteiger partial charge in [0.05, 0.1) is 11.4 Å². The maximum Gasteiger partial charge on any atom is 0.0547 e. The quantitative estimate of drug-likeness (QED) is 0.161. The van der Waals surface area contributed by atoms with Crippen LogP contribution in [0.1, 0.15) is 0 Å². The van der Waals surface area contributed by atoms with Gasteiger partial charge < -0.3 is 9.80 Å². The molecule has 0 N–H and O–H groups in total. The molecule has 11 rings (SSSR count). The van der Waals surface area contributed by atoms with Gasteiger partial charge in [0.2, 0.25) is 0 Å². The summed E-state index contributed by atoms with van der Waals surface area (Å²) in [7, 11) is 0. The molecule has 1 aliphatic heterocycles. The van der Waals surface area contributed by atoms with Crippen molar-refractivity contribution in [2.24, 2.45) is 0 Å². The minimum Gasteiger partial charge on any atom is -0.310 e. The fourth-order valence-corrected chi connectivity index (χ4v) is 8.82. The Morgan fingerprint density at radius 2 is 0.828 bits per heavy atom. The zero-order valence-corrected chi connectivity index (χ0v) is 31.8. The van der Waals surface area contributed by atoms with Gasteiger partial charge in [-0.25, -0.2) is 0 Å². The van der Waals surface area contributed by atoms with Crippen LogP contribution < -0.4 is 9.80 Å². The first-order valence-electron chi connectivity index (χ1n) is 19.9. The van der Waals surface area contributed by atoms with Gasteiger partial charge in [-0.1, -0.05) is 170 Å². The molecule has 0 atom stereocenters. The lowest BCUT2D eigenvalue weighted by Crippen LogP contribution is -2.15. The highest BCUT2D eigenvalue weighted by Crippen LogP contribution is 2.53. The molecule has 2 heteroatoms. The third-order valence-corrected chi connectivity index (χ3v) is 11.5. The Kier molecular flexibility index (Phi) is 8.19. The Bertz CT molecular complexity index is 3010. The SMILES string of the molecule is c1ccc(-c2cccc(N(c3ccc(-c4ccc(N5c6ccc7ccccc7c6-c6cccc7cccc5c67)cc4)cc3)c3cccc(-c4ccccc4)c3)c2)cc1. The van der Waals surface area contributed by atoms with Crippen LogP contribution in [0.4, 0.5) is 34.1 Å². The molecule has 0 bridgehead atoms. The summed E-state index contributed by atoms with van der Waals surface area (Å²) in [6.45, 7) is 0. The number of nitrogens with zero attached hydrogens (tertiary/aromatic N) is 2. The summed E-state index contributed by atoms with van der Waals surface area (Å²) in [5.74, 6) is 0. The van der Waals surface area contributed by atoms with Crippen molar-refractivity contribution in [1.82, 2.24) is 0 Å². The molecule has 272 valence electrons. The summed E-state index contributed by atoms with van der Waals surface area (Å²) in [6.07, 6.45) is 0. The number of benzene rings is 10. The molecule has 10 aromatic rings. The Labute approximate surface area is 339 Å².